The van der Waals surface area contributed by atoms with E-state index < -0.39 is 0 Å². The number of rotatable bonds is 1. The third kappa shape index (κ3) is 1.90. The zero-order chi connectivity index (χ0) is 11.0. The Morgan fingerprint density at radius 1 is 1.53 bits per heavy atom. The van der Waals surface area contributed by atoms with Crippen molar-refractivity contribution >= 4 is 55.4 Å². The predicted octanol–water partition coefficient (Wildman–Crippen LogP) is 3.32. The minimum absolute atomic E-state index is 0.316. The first-order valence-electron chi connectivity index (χ1n) is 4.18. The van der Waals surface area contributed by atoms with E-state index in [2.05, 4.69) is 43.5 Å². The Morgan fingerprint density at radius 2 is 2.27 bits per heavy atom. The minimum atomic E-state index is -0.316. The maximum Gasteiger partial charge on any atom is 0.341 e. The van der Waals surface area contributed by atoms with Crippen molar-refractivity contribution in [2.45, 2.75) is 0 Å². The van der Waals surface area contributed by atoms with Gasteiger partial charge in [0.05, 0.1) is 16.4 Å². The summed E-state index contributed by atoms with van der Waals surface area (Å²) in [5.41, 5.74) is 1.53. The number of aromatic nitrogens is 1. The number of esters is 1. The number of hydrogen-bond donors (Lipinski definition) is 1. The van der Waals surface area contributed by atoms with E-state index in [0.29, 0.717) is 5.56 Å². The Balaban J connectivity index is 2.76. The molecule has 0 aliphatic heterocycles. The summed E-state index contributed by atoms with van der Waals surface area (Å²) in [5.74, 6) is -0.316. The van der Waals surface area contributed by atoms with Gasteiger partial charge in [-0.3, -0.25) is 0 Å². The largest absolute Gasteiger partial charge is 0.465 e. The van der Waals surface area contributed by atoms with Crippen LogP contribution in [0.15, 0.2) is 22.7 Å². The lowest BCUT2D eigenvalue weighted by atomic mass is 10.2. The molecule has 0 aliphatic rings. The maximum atomic E-state index is 11.6. The van der Waals surface area contributed by atoms with Gasteiger partial charge in [0.15, 0.2) is 0 Å². The summed E-state index contributed by atoms with van der Waals surface area (Å²) in [5, 5.41) is 0.876. The molecule has 1 heterocycles. The first-order valence-corrected chi connectivity index (χ1v) is 6.05. The number of ether oxygens (including phenoxy) is 1. The molecule has 0 aliphatic carbocycles. The molecule has 0 unspecified atom stereocenters. The zero-order valence-electron chi connectivity index (χ0n) is 7.80. The number of benzene rings is 1. The third-order valence-corrected chi connectivity index (χ3v) is 3.41. The molecule has 0 saturated heterocycles. The lowest BCUT2D eigenvalue weighted by Gasteiger charge is -1.97. The van der Waals surface area contributed by atoms with E-state index in [-0.39, 0.29) is 5.97 Å². The Labute approximate surface area is 108 Å². The van der Waals surface area contributed by atoms with E-state index >= 15 is 0 Å². The first kappa shape index (κ1) is 10.9. The van der Waals surface area contributed by atoms with Crippen LogP contribution in [0.3, 0.4) is 0 Å². The number of halogens is 2. The van der Waals surface area contributed by atoms with Crippen LogP contribution in [0.2, 0.25) is 0 Å². The molecule has 1 aromatic heterocycles. The highest BCUT2D eigenvalue weighted by atomic mass is 127. The van der Waals surface area contributed by atoms with E-state index in [9.17, 15) is 4.79 Å². The van der Waals surface area contributed by atoms with Crippen LogP contribution in [0.5, 0.6) is 0 Å². The van der Waals surface area contributed by atoms with Gasteiger partial charge < -0.3 is 9.72 Å². The predicted molar refractivity (Wildman–Crippen MR) is 70.1 cm³/mol. The summed E-state index contributed by atoms with van der Waals surface area (Å²) < 4.78 is 6.48. The molecule has 0 amide bonds. The molecule has 0 radical (unpaired) electrons. The lowest BCUT2D eigenvalue weighted by molar-refractivity contribution is 0.0602. The SMILES string of the molecule is COC(=O)c1c(I)[nH]c2ccc(Br)cc12. The van der Waals surface area contributed by atoms with Crippen LogP contribution < -0.4 is 0 Å². The van der Waals surface area contributed by atoms with Gasteiger partial charge in [0.25, 0.3) is 0 Å². The number of nitrogens with one attached hydrogen (secondary N) is 1. The maximum absolute atomic E-state index is 11.6. The normalized spacial score (nSPS) is 10.6. The van der Waals surface area contributed by atoms with Crippen molar-refractivity contribution in [3.05, 3.63) is 31.9 Å². The molecule has 15 heavy (non-hydrogen) atoms. The molecule has 0 saturated carbocycles. The minimum Gasteiger partial charge on any atom is -0.465 e. The highest BCUT2D eigenvalue weighted by Crippen LogP contribution is 2.27. The van der Waals surface area contributed by atoms with Crippen LogP contribution in [0.1, 0.15) is 10.4 Å². The van der Waals surface area contributed by atoms with Crippen molar-refractivity contribution in [2.75, 3.05) is 7.11 Å². The molecule has 2 rings (SSSR count). The fraction of sp³-hybridized carbons (Fsp3) is 0.100. The molecule has 3 nitrogen and oxygen atoms in total. The smallest absolute Gasteiger partial charge is 0.341 e. The quantitative estimate of drug-likeness (QED) is 0.610. The van der Waals surface area contributed by atoms with Gasteiger partial charge in [-0.05, 0) is 40.8 Å². The average Bonchev–Trinajstić information content (AvgIpc) is 2.52. The van der Waals surface area contributed by atoms with Crippen molar-refractivity contribution in [3.8, 4) is 0 Å². The van der Waals surface area contributed by atoms with E-state index in [0.717, 1.165) is 19.1 Å². The van der Waals surface area contributed by atoms with Crippen molar-refractivity contribution in [2.24, 2.45) is 0 Å². The van der Waals surface area contributed by atoms with Gasteiger partial charge in [0.1, 0.15) is 0 Å². The molecule has 2 aromatic rings. The molecule has 78 valence electrons. The van der Waals surface area contributed by atoms with Crippen LogP contribution >= 0.6 is 38.5 Å². The Kier molecular flexibility index (Phi) is 3.01. The molecular formula is C10H7BrINO2. The second-order valence-electron chi connectivity index (χ2n) is 3.00. The molecule has 0 bridgehead atoms. The Bertz CT molecular complexity index is 535. The summed E-state index contributed by atoms with van der Waals surface area (Å²) in [4.78, 5) is 14.7. The highest BCUT2D eigenvalue weighted by Gasteiger charge is 2.17. The van der Waals surface area contributed by atoms with Crippen LogP contribution in [-0.4, -0.2) is 18.1 Å². The molecule has 5 heteroatoms. The van der Waals surface area contributed by atoms with Crippen molar-refractivity contribution in [1.29, 1.82) is 0 Å². The average molecular weight is 380 g/mol. The second-order valence-corrected chi connectivity index (χ2v) is 4.99. The third-order valence-electron chi connectivity index (χ3n) is 2.10. The topological polar surface area (TPSA) is 42.1 Å². The van der Waals surface area contributed by atoms with Crippen LogP contribution in [0.25, 0.3) is 10.9 Å². The van der Waals surface area contributed by atoms with Gasteiger partial charge in [-0.2, -0.15) is 0 Å². The van der Waals surface area contributed by atoms with Gasteiger partial charge in [-0.25, -0.2) is 4.79 Å². The van der Waals surface area contributed by atoms with Crippen molar-refractivity contribution < 1.29 is 9.53 Å². The molecular weight excluding hydrogens is 373 g/mol. The number of aromatic amines is 1. The van der Waals surface area contributed by atoms with E-state index in [1.165, 1.54) is 7.11 Å². The summed E-state index contributed by atoms with van der Waals surface area (Å²) in [6.07, 6.45) is 0. The van der Waals surface area contributed by atoms with Crippen LogP contribution in [0.4, 0.5) is 0 Å². The lowest BCUT2D eigenvalue weighted by Crippen LogP contribution is -2.01. The van der Waals surface area contributed by atoms with Gasteiger partial charge in [0.2, 0.25) is 0 Å². The monoisotopic (exact) mass is 379 g/mol. The summed E-state index contributed by atoms with van der Waals surface area (Å²) in [6.45, 7) is 0. The van der Waals surface area contributed by atoms with Gasteiger partial charge in [-0.15, -0.1) is 0 Å². The second kappa shape index (κ2) is 4.13. The molecule has 1 N–H and O–H groups in total. The summed E-state index contributed by atoms with van der Waals surface area (Å²) >= 11 is 5.47. The number of H-pyrrole nitrogens is 1. The zero-order valence-corrected chi connectivity index (χ0v) is 11.5. The van der Waals surface area contributed by atoms with E-state index in [1.54, 1.807) is 0 Å². The Hall–Kier alpha value is -0.560. The fourth-order valence-corrected chi connectivity index (χ4v) is 2.60. The van der Waals surface area contributed by atoms with Crippen molar-refractivity contribution in [1.82, 2.24) is 4.98 Å². The number of fused-ring (bicyclic) bond motifs is 1. The summed E-state index contributed by atoms with van der Waals surface area (Å²) in [7, 11) is 1.38. The summed E-state index contributed by atoms with van der Waals surface area (Å²) in [6, 6.07) is 5.75. The van der Waals surface area contributed by atoms with E-state index in [4.69, 9.17) is 4.74 Å². The molecule has 0 spiro atoms. The standard InChI is InChI=1S/C10H7BrINO2/c1-15-10(14)8-6-4-5(11)2-3-7(6)13-9(8)12/h2-4,13H,1H3. The fourth-order valence-electron chi connectivity index (χ4n) is 1.43. The van der Waals surface area contributed by atoms with E-state index in [1.807, 2.05) is 18.2 Å². The van der Waals surface area contributed by atoms with Gasteiger partial charge in [0, 0.05) is 15.4 Å². The number of carbonyl (C=O) groups is 1. The van der Waals surface area contributed by atoms with Gasteiger partial charge >= 0.3 is 5.97 Å². The number of methoxy groups -OCH3 is 1. The number of hydrogen-bond acceptors (Lipinski definition) is 2. The molecule has 1 aromatic carbocycles. The Morgan fingerprint density at radius 3 is 2.93 bits per heavy atom. The van der Waals surface area contributed by atoms with Gasteiger partial charge in [-0.1, -0.05) is 15.9 Å². The molecule has 0 fully saturated rings. The highest BCUT2D eigenvalue weighted by molar-refractivity contribution is 14.1. The number of carbonyl (C=O) groups excluding carboxylic acids is 1. The molecule has 0 atom stereocenters. The first-order chi connectivity index (χ1) is 7.13. The van der Waals surface area contributed by atoms with Crippen LogP contribution in [-0.2, 0) is 4.74 Å². The van der Waals surface area contributed by atoms with Crippen LogP contribution in [0, 0.1) is 3.70 Å². The van der Waals surface area contributed by atoms with Crippen molar-refractivity contribution in [3.63, 3.8) is 0 Å².